The van der Waals surface area contributed by atoms with Crippen LogP contribution in [-0.4, -0.2) is 14.2 Å². The summed E-state index contributed by atoms with van der Waals surface area (Å²) < 4.78 is 25.1. The number of hydrogen-bond acceptors (Lipinski definition) is 3. The molecule has 0 saturated heterocycles. The zero-order valence-electron chi connectivity index (χ0n) is 11.8. The minimum atomic E-state index is -3.35. The monoisotopic (exact) mass is 301 g/mol. The van der Waals surface area contributed by atoms with Crippen LogP contribution in [0.25, 0.3) is 0 Å². The molecule has 1 aliphatic carbocycles. The maximum Gasteiger partial charge on any atom is 0.180 e. The molecule has 1 unspecified atom stereocenters. The zero-order chi connectivity index (χ0) is 14.9. The van der Waals surface area contributed by atoms with Crippen LogP contribution in [-0.2, 0) is 22.7 Å². The van der Waals surface area contributed by atoms with E-state index in [-0.39, 0.29) is 5.75 Å². The third-order valence-electron chi connectivity index (χ3n) is 4.06. The molecule has 0 aromatic heterocycles. The molecule has 0 saturated carbocycles. The third-order valence-corrected chi connectivity index (χ3v) is 5.83. The fourth-order valence-corrected chi connectivity index (χ4v) is 4.33. The van der Waals surface area contributed by atoms with Crippen LogP contribution in [0.15, 0.2) is 53.4 Å². The molecule has 2 N–H and O–H groups in total. The Morgan fingerprint density at radius 2 is 1.71 bits per heavy atom. The van der Waals surface area contributed by atoms with E-state index in [1.54, 1.807) is 6.07 Å². The smallest absolute Gasteiger partial charge is 0.180 e. The molecule has 0 radical (unpaired) electrons. The van der Waals surface area contributed by atoms with E-state index < -0.39 is 15.9 Å². The van der Waals surface area contributed by atoms with Crippen LogP contribution in [0, 0.1) is 0 Å². The third kappa shape index (κ3) is 3.01. The molecular weight excluding hydrogens is 282 g/mol. The summed E-state index contributed by atoms with van der Waals surface area (Å²) in [5.74, 6) is -0.0597. The minimum Gasteiger partial charge on any atom is -0.323 e. The van der Waals surface area contributed by atoms with Gasteiger partial charge in [0.25, 0.3) is 0 Å². The van der Waals surface area contributed by atoms with E-state index in [1.165, 1.54) is 11.1 Å². The molecule has 0 aliphatic heterocycles. The summed E-state index contributed by atoms with van der Waals surface area (Å²) in [5, 5.41) is 0. The van der Waals surface area contributed by atoms with Gasteiger partial charge in [0, 0.05) is 6.04 Å². The number of sulfone groups is 1. The predicted molar refractivity (Wildman–Crippen MR) is 83.9 cm³/mol. The van der Waals surface area contributed by atoms with Crippen LogP contribution < -0.4 is 5.73 Å². The largest absolute Gasteiger partial charge is 0.323 e. The van der Waals surface area contributed by atoms with E-state index in [2.05, 4.69) is 0 Å². The number of fused-ring (bicyclic) bond motifs is 1. The van der Waals surface area contributed by atoms with Crippen molar-refractivity contribution in [1.82, 2.24) is 0 Å². The molecule has 2 aromatic carbocycles. The molecule has 0 fully saturated rings. The summed E-state index contributed by atoms with van der Waals surface area (Å²) in [6.45, 7) is 0. The Hall–Kier alpha value is -1.65. The molecule has 110 valence electrons. The van der Waals surface area contributed by atoms with Gasteiger partial charge in [-0.1, -0.05) is 36.4 Å². The first-order valence-electron chi connectivity index (χ1n) is 7.21. The van der Waals surface area contributed by atoms with Crippen molar-refractivity contribution in [2.45, 2.75) is 30.2 Å². The van der Waals surface area contributed by atoms with Gasteiger partial charge in [-0.15, -0.1) is 0 Å². The van der Waals surface area contributed by atoms with Gasteiger partial charge in [0.05, 0.1) is 10.6 Å². The van der Waals surface area contributed by atoms with Gasteiger partial charge in [0.2, 0.25) is 0 Å². The number of hydrogen-bond donors (Lipinski definition) is 1. The second kappa shape index (κ2) is 5.62. The van der Waals surface area contributed by atoms with Gasteiger partial charge in [-0.25, -0.2) is 8.42 Å². The Morgan fingerprint density at radius 3 is 2.48 bits per heavy atom. The van der Waals surface area contributed by atoms with Crippen molar-refractivity contribution in [2.75, 3.05) is 5.75 Å². The Labute approximate surface area is 125 Å². The van der Waals surface area contributed by atoms with Crippen LogP contribution in [0.2, 0.25) is 0 Å². The second-order valence-electron chi connectivity index (χ2n) is 5.58. The first kappa shape index (κ1) is 14.3. The maximum atomic E-state index is 12.5. The van der Waals surface area contributed by atoms with Gasteiger partial charge < -0.3 is 5.73 Å². The Balaban J connectivity index is 1.84. The molecular formula is C17H19NO2S. The molecule has 0 spiro atoms. The fraction of sp³-hybridized carbons (Fsp3) is 0.294. The van der Waals surface area contributed by atoms with E-state index in [9.17, 15) is 8.42 Å². The van der Waals surface area contributed by atoms with Crippen molar-refractivity contribution in [3.8, 4) is 0 Å². The van der Waals surface area contributed by atoms with Crippen LogP contribution in [0.4, 0.5) is 0 Å². The van der Waals surface area contributed by atoms with E-state index >= 15 is 0 Å². The highest BCUT2D eigenvalue weighted by Gasteiger charge is 2.22. The molecule has 0 amide bonds. The van der Waals surface area contributed by atoms with Gasteiger partial charge in [-0.3, -0.25) is 0 Å². The van der Waals surface area contributed by atoms with Crippen molar-refractivity contribution in [1.29, 1.82) is 0 Å². The van der Waals surface area contributed by atoms with Crippen LogP contribution in [0.5, 0.6) is 0 Å². The van der Waals surface area contributed by atoms with Crippen LogP contribution >= 0.6 is 0 Å². The maximum absolute atomic E-state index is 12.5. The summed E-state index contributed by atoms with van der Waals surface area (Å²) in [6.07, 6.45) is 3.14. The Morgan fingerprint density at radius 1 is 1.00 bits per heavy atom. The summed E-state index contributed by atoms with van der Waals surface area (Å²) in [7, 11) is -3.35. The van der Waals surface area contributed by atoms with Crippen LogP contribution in [0.3, 0.4) is 0 Å². The highest BCUT2D eigenvalue weighted by molar-refractivity contribution is 7.91. The van der Waals surface area contributed by atoms with Gasteiger partial charge in [-0.05, 0) is 48.1 Å². The van der Waals surface area contributed by atoms with E-state index in [4.69, 9.17) is 5.73 Å². The van der Waals surface area contributed by atoms with Gasteiger partial charge >= 0.3 is 0 Å². The number of rotatable bonds is 4. The lowest BCUT2D eigenvalue weighted by Crippen LogP contribution is -2.22. The zero-order valence-corrected chi connectivity index (χ0v) is 12.6. The second-order valence-corrected chi connectivity index (χ2v) is 7.62. The highest BCUT2D eigenvalue weighted by Crippen LogP contribution is 2.26. The topological polar surface area (TPSA) is 60.2 Å². The van der Waals surface area contributed by atoms with E-state index in [0.29, 0.717) is 4.90 Å². The molecule has 3 nitrogen and oxygen atoms in total. The fourth-order valence-electron chi connectivity index (χ4n) is 2.87. The lowest BCUT2D eigenvalue weighted by molar-refractivity contribution is 0.588. The summed E-state index contributed by atoms with van der Waals surface area (Å²) >= 11 is 0. The van der Waals surface area contributed by atoms with Crippen molar-refractivity contribution in [3.63, 3.8) is 0 Å². The molecule has 3 rings (SSSR count). The van der Waals surface area contributed by atoms with Gasteiger partial charge in [0.1, 0.15) is 0 Å². The Kier molecular flexibility index (Phi) is 3.83. The first-order valence-corrected chi connectivity index (χ1v) is 8.86. The highest BCUT2D eigenvalue weighted by atomic mass is 32.2. The number of nitrogens with two attached hydrogens (primary N) is 1. The van der Waals surface area contributed by atoms with Gasteiger partial charge in [-0.2, -0.15) is 0 Å². The normalized spacial score (nSPS) is 15.7. The van der Waals surface area contributed by atoms with Gasteiger partial charge in [0.15, 0.2) is 9.84 Å². The van der Waals surface area contributed by atoms with Crippen molar-refractivity contribution in [3.05, 3.63) is 65.2 Å². The SMILES string of the molecule is NC(CS(=O)(=O)c1ccc2c(c1)CCC2)c1ccccc1. The predicted octanol–water partition coefficient (Wildman–Crippen LogP) is 2.65. The molecule has 4 heteroatoms. The van der Waals surface area contributed by atoms with Crippen molar-refractivity contribution >= 4 is 9.84 Å². The quantitative estimate of drug-likeness (QED) is 0.944. The number of aryl methyl sites for hydroxylation is 2. The molecule has 0 bridgehead atoms. The molecule has 1 aliphatic rings. The summed E-state index contributed by atoms with van der Waals surface area (Å²) in [6, 6.07) is 14.4. The van der Waals surface area contributed by atoms with E-state index in [0.717, 1.165) is 24.8 Å². The lowest BCUT2D eigenvalue weighted by Gasteiger charge is -2.13. The minimum absolute atomic E-state index is 0.0597. The molecule has 0 heterocycles. The van der Waals surface area contributed by atoms with E-state index in [1.807, 2.05) is 42.5 Å². The summed E-state index contributed by atoms with van der Waals surface area (Å²) in [4.78, 5) is 0.398. The average Bonchev–Trinajstić information content (AvgIpc) is 2.95. The standard InChI is InChI=1S/C17H19NO2S/c18-17(14-5-2-1-3-6-14)12-21(19,20)16-10-9-13-7-4-8-15(13)11-16/h1-3,5-6,9-11,17H,4,7-8,12,18H2. The Bertz CT molecular complexity index is 739. The molecule has 1 atom stereocenters. The summed E-state index contributed by atoms with van der Waals surface area (Å²) in [5.41, 5.74) is 9.35. The first-order chi connectivity index (χ1) is 10.1. The number of benzene rings is 2. The molecule has 2 aromatic rings. The lowest BCUT2D eigenvalue weighted by atomic mass is 10.1. The average molecular weight is 301 g/mol. The molecule has 21 heavy (non-hydrogen) atoms. The van der Waals surface area contributed by atoms with Crippen molar-refractivity contribution < 1.29 is 8.42 Å². The van der Waals surface area contributed by atoms with Crippen molar-refractivity contribution in [2.24, 2.45) is 5.73 Å². The van der Waals surface area contributed by atoms with Crippen LogP contribution in [0.1, 0.15) is 29.2 Å².